The van der Waals surface area contributed by atoms with E-state index in [2.05, 4.69) is 10.0 Å². The van der Waals surface area contributed by atoms with E-state index in [1.807, 2.05) is 0 Å². The lowest BCUT2D eigenvalue weighted by molar-refractivity contribution is -0.140. The number of carbonyl (C=O) groups excluding carboxylic acids is 1. The lowest BCUT2D eigenvalue weighted by Gasteiger charge is -2.21. The molecule has 0 aliphatic heterocycles. The quantitative estimate of drug-likeness (QED) is 0.616. The molecule has 0 bridgehead atoms. The molecule has 0 aromatic heterocycles. The Morgan fingerprint density at radius 3 is 2.40 bits per heavy atom. The van der Waals surface area contributed by atoms with Crippen molar-refractivity contribution in [3.8, 4) is 5.75 Å². The fourth-order valence-corrected chi connectivity index (χ4v) is 3.96. The maximum atomic E-state index is 12.7. The molecule has 8 nitrogen and oxygen atoms in total. The van der Waals surface area contributed by atoms with Crippen LogP contribution in [0.15, 0.2) is 17.0 Å². The standard InChI is InChI=1S/C15H21ClN2O6S/c1-5-8(2)12(15(20)21)18-25(22,23)11-7-9(16)6-10(13(11)24-4)14(19)17-3/h6-8,12,18H,5H2,1-4H3,(H,17,19)(H,20,21)/t8-,12-/m0/s1. The smallest absolute Gasteiger partial charge is 0.322 e. The van der Waals surface area contributed by atoms with Crippen LogP contribution in [-0.4, -0.2) is 45.6 Å². The highest BCUT2D eigenvalue weighted by Crippen LogP contribution is 2.32. The van der Waals surface area contributed by atoms with Crippen LogP contribution in [0.1, 0.15) is 30.6 Å². The first-order valence-corrected chi connectivity index (χ1v) is 9.29. The van der Waals surface area contributed by atoms with Gasteiger partial charge in [0.2, 0.25) is 10.0 Å². The van der Waals surface area contributed by atoms with Crippen LogP contribution in [-0.2, 0) is 14.8 Å². The Morgan fingerprint density at radius 1 is 1.36 bits per heavy atom. The van der Waals surface area contributed by atoms with E-state index in [1.54, 1.807) is 13.8 Å². The Morgan fingerprint density at radius 2 is 1.96 bits per heavy atom. The molecule has 1 amide bonds. The summed E-state index contributed by atoms with van der Waals surface area (Å²) in [4.78, 5) is 22.9. The lowest BCUT2D eigenvalue weighted by atomic mass is 10.0. The highest BCUT2D eigenvalue weighted by atomic mass is 35.5. The van der Waals surface area contributed by atoms with Crippen molar-refractivity contribution in [1.82, 2.24) is 10.0 Å². The first-order chi connectivity index (χ1) is 11.6. The molecule has 25 heavy (non-hydrogen) atoms. The summed E-state index contributed by atoms with van der Waals surface area (Å²) in [5.74, 6) is -2.56. The molecule has 0 radical (unpaired) electrons. The third kappa shape index (κ3) is 4.83. The number of carboxylic acids is 1. The largest absolute Gasteiger partial charge is 0.494 e. The fraction of sp³-hybridized carbons (Fsp3) is 0.467. The van der Waals surface area contributed by atoms with Gasteiger partial charge in [0, 0.05) is 12.1 Å². The fourth-order valence-electron chi connectivity index (χ4n) is 2.16. The number of halogens is 1. The van der Waals surface area contributed by atoms with Crippen molar-refractivity contribution in [2.24, 2.45) is 5.92 Å². The molecule has 0 fully saturated rings. The maximum Gasteiger partial charge on any atom is 0.322 e. The molecule has 1 aromatic rings. The summed E-state index contributed by atoms with van der Waals surface area (Å²) in [6.07, 6.45) is 0.454. The monoisotopic (exact) mass is 392 g/mol. The van der Waals surface area contributed by atoms with Crippen molar-refractivity contribution in [1.29, 1.82) is 0 Å². The SMILES string of the molecule is CC[C@H](C)[C@H](NS(=O)(=O)c1cc(Cl)cc(C(=O)NC)c1OC)C(=O)O. The van der Waals surface area contributed by atoms with E-state index in [4.69, 9.17) is 16.3 Å². The Balaban J connectivity index is 3.49. The van der Waals surface area contributed by atoms with Crippen molar-refractivity contribution < 1.29 is 27.9 Å². The molecule has 1 rings (SSSR count). The zero-order chi connectivity index (χ0) is 19.4. The van der Waals surface area contributed by atoms with Crippen LogP contribution in [0.4, 0.5) is 0 Å². The Kier molecular flexibility index (Phi) is 7.21. The number of amides is 1. The van der Waals surface area contributed by atoms with Gasteiger partial charge >= 0.3 is 5.97 Å². The summed E-state index contributed by atoms with van der Waals surface area (Å²) in [6.45, 7) is 3.37. The van der Waals surface area contributed by atoms with Crippen molar-refractivity contribution in [3.63, 3.8) is 0 Å². The summed E-state index contributed by atoms with van der Waals surface area (Å²) < 4.78 is 32.7. The molecule has 2 atom stereocenters. The maximum absolute atomic E-state index is 12.7. The van der Waals surface area contributed by atoms with Gasteiger partial charge < -0.3 is 15.2 Å². The number of hydrogen-bond acceptors (Lipinski definition) is 5. The van der Waals surface area contributed by atoms with Crippen LogP contribution >= 0.6 is 11.6 Å². The van der Waals surface area contributed by atoms with Gasteiger partial charge in [-0.05, 0) is 18.1 Å². The number of rotatable bonds is 8. The van der Waals surface area contributed by atoms with Crippen molar-refractivity contribution in [2.45, 2.75) is 31.2 Å². The van der Waals surface area contributed by atoms with Crippen LogP contribution in [0, 0.1) is 5.92 Å². The van der Waals surface area contributed by atoms with Gasteiger partial charge in [-0.15, -0.1) is 0 Å². The number of carbonyl (C=O) groups is 2. The van der Waals surface area contributed by atoms with Gasteiger partial charge in [-0.2, -0.15) is 4.72 Å². The van der Waals surface area contributed by atoms with Gasteiger partial charge in [0.1, 0.15) is 10.9 Å². The minimum Gasteiger partial charge on any atom is -0.494 e. The number of nitrogens with one attached hydrogen (secondary N) is 2. The second-order valence-corrected chi connectivity index (χ2v) is 7.51. The molecule has 140 valence electrons. The zero-order valence-corrected chi connectivity index (χ0v) is 15.9. The third-order valence-electron chi connectivity index (χ3n) is 3.75. The van der Waals surface area contributed by atoms with Crippen molar-refractivity contribution in [2.75, 3.05) is 14.2 Å². The third-order valence-corrected chi connectivity index (χ3v) is 5.41. The van der Waals surface area contributed by atoms with Crippen LogP contribution in [0.5, 0.6) is 5.75 Å². The Bertz CT molecular complexity index is 766. The summed E-state index contributed by atoms with van der Waals surface area (Å²) in [5.41, 5.74) is -0.0757. The molecule has 0 saturated heterocycles. The minimum absolute atomic E-state index is 0.00445. The molecule has 0 aliphatic carbocycles. The minimum atomic E-state index is -4.31. The number of aliphatic carboxylic acids is 1. The molecule has 0 aliphatic rings. The van der Waals surface area contributed by atoms with Gasteiger partial charge in [0.15, 0.2) is 5.75 Å². The summed E-state index contributed by atoms with van der Waals surface area (Å²) >= 11 is 5.93. The molecular weight excluding hydrogens is 372 g/mol. The molecule has 0 unspecified atom stereocenters. The van der Waals surface area contributed by atoms with Crippen LogP contribution in [0.3, 0.4) is 0 Å². The average Bonchev–Trinajstić information content (AvgIpc) is 2.57. The topological polar surface area (TPSA) is 122 Å². The summed E-state index contributed by atoms with van der Waals surface area (Å²) in [6, 6.07) is 1.04. The van der Waals surface area contributed by atoms with E-state index in [0.717, 1.165) is 6.07 Å². The predicted molar refractivity (Wildman–Crippen MR) is 92.6 cm³/mol. The molecule has 3 N–H and O–H groups in total. The van der Waals surface area contributed by atoms with Gasteiger partial charge in [0.05, 0.1) is 12.7 Å². The van der Waals surface area contributed by atoms with Gasteiger partial charge in [-0.1, -0.05) is 31.9 Å². The van der Waals surface area contributed by atoms with Gasteiger partial charge in [-0.25, -0.2) is 8.42 Å². The summed E-state index contributed by atoms with van der Waals surface area (Å²) in [5, 5.41) is 11.7. The molecule has 1 aromatic carbocycles. The second kappa shape index (κ2) is 8.50. The number of benzene rings is 1. The van der Waals surface area contributed by atoms with E-state index in [9.17, 15) is 23.1 Å². The van der Waals surface area contributed by atoms with E-state index in [0.29, 0.717) is 6.42 Å². The average molecular weight is 393 g/mol. The van der Waals surface area contributed by atoms with E-state index >= 15 is 0 Å². The summed E-state index contributed by atoms with van der Waals surface area (Å²) in [7, 11) is -1.73. The van der Waals surface area contributed by atoms with Crippen molar-refractivity contribution >= 4 is 33.5 Å². The second-order valence-electron chi connectivity index (χ2n) is 5.39. The molecule has 0 heterocycles. The Hall–Kier alpha value is -1.84. The predicted octanol–water partition coefficient (Wildman–Crippen LogP) is 1.49. The highest BCUT2D eigenvalue weighted by molar-refractivity contribution is 7.89. The van der Waals surface area contributed by atoms with Crippen LogP contribution < -0.4 is 14.8 Å². The van der Waals surface area contributed by atoms with E-state index < -0.39 is 38.8 Å². The number of ether oxygens (including phenoxy) is 1. The van der Waals surface area contributed by atoms with E-state index in [-0.39, 0.29) is 16.3 Å². The highest BCUT2D eigenvalue weighted by Gasteiger charge is 2.32. The number of sulfonamides is 1. The number of hydrogen-bond donors (Lipinski definition) is 3. The zero-order valence-electron chi connectivity index (χ0n) is 14.3. The number of carboxylic acid groups (broad SMARTS) is 1. The molecule has 10 heteroatoms. The van der Waals surface area contributed by atoms with E-state index in [1.165, 1.54) is 20.2 Å². The van der Waals surface area contributed by atoms with Crippen LogP contribution in [0.25, 0.3) is 0 Å². The Labute approximate surface area is 151 Å². The first-order valence-electron chi connectivity index (χ1n) is 7.43. The molecular formula is C15H21ClN2O6S. The first kappa shape index (κ1) is 21.2. The lowest BCUT2D eigenvalue weighted by Crippen LogP contribution is -2.45. The van der Waals surface area contributed by atoms with Gasteiger partial charge in [0.25, 0.3) is 5.91 Å². The normalized spacial score (nSPS) is 13.8. The van der Waals surface area contributed by atoms with Crippen molar-refractivity contribution in [3.05, 3.63) is 22.7 Å². The molecule has 0 spiro atoms. The number of methoxy groups -OCH3 is 1. The van der Waals surface area contributed by atoms with Gasteiger partial charge in [-0.3, -0.25) is 9.59 Å². The van der Waals surface area contributed by atoms with Crippen LogP contribution in [0.2, 0.25) is 5.02 Å². The molecule has 0 saturated carbocycles.